The second kappa shape index (κ2) is 8.88. The number of esters is 1. The molecule has 4 rings (SSSR count). The molecule has 1 aliphatic rings. The van der Waals surface area contributed by atoms with Crippen LogP contribution in [-0.4, -0.2) is 22.5 Å². The van der Waals surface area contributed by atoms with E-state index in [1.54, 1.807) is 23.7 Å². The van der Waals surface area contributed by atoms with Crippen molar-refractivity contribution >= 4 is 51.4 Å². The van der Waals surface area contributed by atoms with Gasteiger partial charge >= 0.3 is 5.97 Å². The number of carbonyl (C=O) groups excluding carboxylic acids is 1. The Labute approximate surface area is 175 Å². The summed E-state index contributed by atoms with van der Waals surface area (Å²) < 4.78 is 5.23. The van der Waals surface area contributed by atoms with E-state index < -0.39 is 0 Å². The van der Waals surface area contributed by atoms with E-state index in [0.29, 0.717) is 12.2 Å². The Kier molecular flexibility index (Phi) is 6.52. The molecule has 0 amide bonds. The molecule has 1 N–H and O–H groups in total. The highest BCUT2D eigenvalue weighted by atomic mass is 35.5. The van der Waals surface area contributed by atoms with Crippen LogP contribution in [-0.2, 0) is 17.6 Å². The Balaban J connectivity index is 0.00000225. The maximum absolute atomic E-state index is 12.1. The average molecular weight is 418 g/mol. The molecule has 0 radical (unpaired) electrons. The van der Waals surface area contributed by atoms with Gasteiger partial charge < -0.3 is 10.1 Å². The molecule has 148 valence electrons. The number of hydrogen-bond donors (Lipinski definition) is 1. The number of rotatable bonds is 5. The van der Waals surface area contributed by atoms with Crippen molar-refractivity contribution in [1.82, 2.24) is 9.97 Å². The van der Waals surface area contributed by atoms with Crippen LogP contribution in [0.1, 0.15) is 47.5 Å². The number of nitrogens with one attached hydrogen (secondary N) is 1. The van der Waals surface area contributed by atoms with Gasteiger partial charge in [-0.15, -0.1) is 23.7 Å². The molecular weight excluding hydrogens is 394 g/mol. The molecule has 0 spiro atoms. The predicted molar refractivity (Wildman–Crippen MR) is 116 cm³/mol. The van der Waals surface area contributed by atoms with Gasteiger partial charge in [-0.3, -0.25) is 0 Å². The Hall–Kier alpha value is -2.18. The maximum atomic E-state index is 12.1. The normalized spacial score (nSPS) is 15.6. The van der Waals surface area contributed by atoms with Crippen LogP contribution in [0.5, 0.6) is 0 Å². The Morgan fingerprint density at radius 1 is 1.36 bits per heavy atom. The summed E-state index contributed by atoms with van der Waals surface area (Å²) in [4.78, 5) is 23.6. The minimum absolute atomic E-state index is 0. The van der Waals surface area contributed by atoms with Crippen molar-refractivity contribution in [1.29, 1.82) is 0 Å². The number of benzene rings is 1. The van der Waals surface area contributed by atoms with Gasteiger partial charge in [0.2, 0.25) is 0 Å². The molecular formula is C21H24ClN3O2S. The zero-order valence-electron chi connectivity index (χ0n) is 16.0. The molecule has 0 saturated carbocycles. The second-order valence-corrected chi connectivity index (χ2v) is 8.18. The third-order valence-corrected chi connectivity index (χ3v) is 6.05. The number of nitrogens with zero attached hydrogens (tertiary/aromatic N) is 2. The van der Waals surface area contributed by atoms with Gasteiger partial charge in [0.15, 0.2) is 0 Å². The topological polar surface area (TPSA) is 64.1 Å². The summed E-state index contributed by atoms with van der Waals surface area (Å²) in [5, 5.41) is 4.52. The summed E-state index contributed by atoms with van der Waals surface area (Å²) in [5.41, 5.74) is 2.75. The molecule has 1 atom stereocenters. The van der Waals surface area contributed by atoms with Crippen molar-refractivity contribution in [3.63, 3.8) is 0 Å². The molecule has 2 heterocycles. The smallest absolute Gasteiger partial charge is 0.338 e. The third-order valence-electron chi connectivity index (χ3n) is 4.89. The van der Waals surface area contributed by atoms with Crippen molar-refractivity contribution in [2.75, 3.05) is 11.9 Å². The minimum Gasteiger partial charge on any atom is -0.462 e. The number of hydrogen-bond acceptors (Lipinski definition) is 6. The molecule has 2 aromatic heterocycles. The third kappa shape index (κ3) is 4.13. The first-order valence-electron chi connectivity index (χ1n) is 9.45. The molecule has 5 nitrogen and oxygen atoms in total. The van der Waals surface area contributed by atoms with Gasteiger partial charge in [-0.1, -0.05) is 19.9 Å². The highest BCUT2D eigenvalue weighted by molar-refractivity contribution is 7.19. The van der Waals surface area contributed by atoms with Crippen LogP contribution in [0.15, 0.2) is 30.6 Å². The fraction of sp³-hybridized carbons (Fsp3) is 0.381. The van der Waals surface area contributed by atoms with Crippen LogP contribution in [0.2, 0.25) is 0 Å². The van der Waals surface area contributed by atoms with Crippen LogP contribution < -0.4 is 5.32 Å². The largest absolute Gasteiger partial charge is 0.462 e. The zero-order valence-corrected chi connectivity index (χ0v) is 17.7. The number of thiophene rings is 1. The quantitative estimate of drug-likeness (QED) is 0.551. The van der Waals surface area contributed by atoms with Gasteiger partial charge in [0, 0.05) is 10.6 Å². The summed E-state index contributed by atoms with van der Waals surface area (Å²) in [6.45, 7) is 4.72. The number of ether oxygens (including phenoxy) is 1. The van der Waals surface area contributed by atoms with E-state index in [0.717, 1.165) is 46.9 Å². The monoisotopic (exact) mass is 417 g/mol. The van der Waals surface area contributed by atoms with Crippen molar-refractivity contribution < 1.29 is 9.53 Å². The van der Waals surface area contributed by atoms with Gasteiger partial charge in [0.05, 0.1) is 17.6 Å². The predicted octanol–water partition coefficient (Wildman–Crippen LogP) is 5.55. The number of aryl methyl sites for hydroxylation is 1. The summed E-state index contributed by atoms with van der Waals surface area (Å²) >= 11 is 1.78. The van der Waals surface area contributed by atoms with Crippen LogP contribution in [0.25, 0.3) is 10.2 Å². The number of carbonyl (C=O) groups is 1. The molecule has 3 aromatic rings. The van der Waals surface area contributed by atoms with E-state index in [4.69, 9.17) is 4.74 Å². The van der Waals surface area contributed by atoms with Gasteiger partial charge in [-0.05, 0) is 55.4 Å². The van der Waals surface area contributed by atoms with E-state index >= 15 is 0 Å². The Morgan fingerprint density at radius 2 is 2.21 bits per heavy atom. The lowest BCUT2D eigenvalue weighted by Crippen LogP contribution is -2.09. The second-order valence-electron chi connectivity index (χ2n) is 7.10. The van der Waals surface area contributed by atoms with E-state index in [-0.39, 0.29) is 18.4 Å². The van der Waals surface area contributed by atoms with Gasteiger partial charge in [0.25, 0.3) is 0 Å². The van der Waals surface area contributed by atoms with Crippen LogP contribution in [0.3, 0.4) is 0 Å². The summed E-state index contributed by atoms with van der Waals surface area (Å²) in [6, 6.07) is 7.37. The SMILES string of the molecule is CCCOC(=O)c1cccc(Nc2ncnc3sc4c(c23)CCC(C)C4)c1.Cl. The lowest BCUT2D eigenvalue weighted by Gasteiger charge is -2.18. The molecule has 1 aliphatic carbocycles. The Bertz CT molecular complexity index is 989. The molecule has 0 saturated heterocycles. The highest BCUT2D eigenvalue weighted by Gasteiger charge is 2.23. The minimum atomic E-state index is -0.296. The molecule has 0 fully saturated rings. The zero-order chi connectivity index (χ0) is 18.8. The number of aromatic nitrogens is 2. The van der Waals surface area contributed by atoms with Gasteiger partial charge in [0.1, 0.15) is 17.0 Å². The van der Waals surface area contributed by atoms with Crippen LogP contribution in [0.4, 0.5) is 11.5 Å². The first-order valence-corrected chi connectivity index (χ1v) is 10.3. The van der Waals surface area contributed by atoms with Crippen molar-refractivity contribution in [3.05, 3.63) is 46.6 Å². The summed E-state index contributed by atoms with van der Waals surface area (Å²) in [5.74, 6) is 1.24. The maximum Gasteiger partial charge on any atom is 0.338 e. The number of fused-ring (bicyclic) bond motifs is 3. The first-order chi connectivity index (χ1) is 13.2. The highest BCUT2D eigenvalue weighted by Crippen LogP contribution is 2.40. The van der Waals surface area contributed by atoms with Crippen LogP contribution >= 0.6 is 23.7 Å². The molecule has 1 unspecified atom stereocenters. The fourth-order valence-electron chi connectivity index (χ4n) is 3.51. The van der Waals surface area contributed by atoms with Crippen molar-refractivity contribution in [2.45, 2.75) is 39.5 Å². The van der Waals surface area contributed by atoms with E-state index in [9.17, 15) is 4.79 Å². The first kappa shape index (κ1) is 20.6. The summed E-state index contributed by atoms with van der Waals surface area (Å²) in [6.07, 6.45) is 5.81. The molecule has 1 aromatic carbocycles. The number of anilines is 2. The Morgan fingerprint density at radius 3 is 3.04 bits per heavy atom. The van der Waals surface area contributed by atoms with Crippen molar-refractivity contribution in [3.8, 4) is 0 Å². The average Bonchev–Trinajstić information content (AvgIpc) is 3.04. The molecule has 7 heteroatoms. The van der Waals surface area contributed by atoms with E-state index in [1.807, 2.05) is 25.1 Å². The van der Waals surface area contributed by atoms with Crippen LogP contribution in [0, 0.1) is 5.92 Å². The fourth-order valence-corrected chi connectivity index (χ4v) is 4.86. The van der Waals surface area contributed by atoms with Crippen molar-refractivity contribution in [2.24, 2.45) is 5.92 Å². The molecule has 0 bridgehead atoms. The lowest BCUT2D eigenvalue weighted by molar-refractivity contribution is 0.0505. The van der Waals surface area contributed by atoms with E-state index in [1.165, 1.54) is 16.9 Å². The lowest BCUT2D eigenvalue weighted by atomic mass is 9.89. The molecule has 28 heavy (non-hydrogen) atoms. The van der Waals surface area contributed by atoms with Gasteiger partial charge in [-0.25, -0.2) is 14.8 Å². The molecule has 0 aliphatic heterocycles. The van der Waals surface area contributed by atoms with E-state index in [2.05, 4.69) is 22.2 Å². The standard InChI is InChI=1S/C21H23N3O2S.ClH/c1-3-9-26-21(25)14-5-4-6-15(11-14)24-19-18-16-8-7-13(2)10-17(16)27-20(18)23-12-22-19;/h4-6,11-13H,3,7-10H2,1-2H3,(H,22,23,24);1H. The van der Waals surface area contributed by atoms with Gasteiger partial charge in [-0.2, -0.15) is 0 Å². The number of halogens is 1. The summed E-state index contributed by atoms with van der Waals surface area (Å²) in [7, 11) is 0.